The topological polar surface area (TPSA) is 143 Å². The molecule has 0 amide bonds. The summed E-state index contributed by atoms with van der Waals surface area (Å²) in [6.07, 6.45) is -2.53. The Morgan fingerprint density at radius 2 is 1.83 bits per heavy atom. The zero-order chi connectivity index (χ0) is 26.7. The van der Waals surface area contributed by atoms with Gasteiger partial charge in [0.05, 0.1) is 5.56 Å². The van der Waals surface area contributed by atoms with Gasteiger partial charge in [-0.2, -0.15) is 13.2 Å². The molecule has 198 valence electrons. The fourth-order valence-corrected chi connectivity index (χ4v) is 3.82. The van der Waals surface area contributed by atoms with Gasteiger partial charge in [0, 0.05) is 23.2 Å². The predicted molar refractivity (Wildman–Crippen MR) is 112 cm³/mol. The lowest BCUT2D eigenvalue weighted by atomic mass is 9.77. The second-order valence-electron chi connectivity index (χ2n) is 9.53. The number of Topliss-reactive ketones (excluding diaryl/α,β-unsaturated/α-hetero) is 2. The number of carbonyl (C=O) groups is 2. The van der Waals surface area contributed by atoms with Crippen LogP contribution in [-0.4, -0.2) is 55.1 Å². The van der Waals surface area contributed by atoms with E-state index < -0.39 is 63.5 Å². The Balaban J connectivity index is 0.00000456. The van der Waals surface area contributed by atoms with Crippen molar-refractivity contribution in [1.29, 1.82) is 0 Å². The number of ketones is 2. The van der Waals surface area contributed by atoms with Crippen LogP contribution in [0.2, 0.25) is 0 Å². The molecule has 0 aromatic carbocycles. The number of pyridine rings is 1. The first-order valence-electron chi connectivity index (χ1n) is 10.4. The Morgan fingerprint density at radius 1 is 1.25 bits per heavy atom. The normalized spacial score (nSPS) is 26.2. The van der Waals surface area contributed by atoms with Gasteiger partial charge < -0.3 is 38.9 Å². The summed E-state index contributed by atoms with van der Waals surface area (Å²) < 4.78 is 53.7. The maximum atomic E-state index is 16.1. The largest absolute Gasteiger partial charge is 1.00 e. The second-order valence-corrected chi connectivity index (χ2v) is 9.53. The van der Waals surface area contributed by atoms with Gasteiger partial charge in [-0.15, -0.1) is 0 Å². The number of rotatable bonds is 5. The van der Waals surface area contributed by atoms with Gasteiger partial charge in [-0.25, -0.2) is 13.9 Å². The third kappa shape index (κ3) is 4.33. The van der Waals surface area contributed by atoms with Gasteiger partial charge >= 0.3 is 17.6 Å². The Morgan fingerprint density at radius 3 is 2.36 bits per heavy atom. The lowest BCUT2D eigenvalue weighted by Crippen LogP contribution is -3.00. The average Bonchev–Trinajstić information content (AvgIpc) is 2.92. The van der Waals surface area contributed by atoms with E-state index in [2.05, 4.69) is 0 Å². The van der Waals surface area contributed by atoms with Crippen LogP contribution in [-0.2, 0) is 22.6 Å². The van der Waals surface area contributed by atoms with E-state index >= 15 is 13.2 Å². The number of aromatic amines is 1. The minimum absolute atomic E-state index is 0. The van der Waals surface area contributed by atoms with Crippen molar-refractivity contribution >= 4 is 11.6 Å². The minimum atomic E-state index is -5.25. The molecule has 1 fully saturated rings. The van der Waals surface area contributed by atoms with E-state index in [-0.39, 0.29) is 34.1 Å². The minimum Gasteiger partial charge on any atom is -1.00 e. The number of alkyl halides is 3. The van der Waals surface area contributed by atoms with Gasteiger partial charge in [0.25, 0.3) is 5.56 Å². The third-order valence-corrected chi connectivity index (χ3v) is 5.83. The summed E-state index contributed by atoms with van der Waals surface area (Å²) in [6.45, 7) is 5.05. The first kappa shape index (κ1) is 29.8. The van der Waals surface area contributed by atoms with E-state index in [0.29, 0.717) is 6.20 Å². The van der Waals surface area contributed by atoms with Crippen molar-refractivity contribution in [1.82, 2.24) is 9.55 Å². The Hall–Kier alpha value is -2.43. The first-order valence-corrected chi connectivity index (χ1v) is 10.4. The van der Waals surface area contributed by atoms with Gasteiger partial charge in [0.1, 0.15) is 19.3 Å². The molecule has 14 heteroatoms. The van der Waals surface area contributed by atoms with Gasteiger partial charge in [0.15, 0.2) is 18.2 Å². The number of halogens is 4. The van der Waals surface area contributed by atoms with Crippen molar-refractivity contribution in [2.24, 2.45) is 12.5 Å². The maximum absolute atomic E-state index is 16.1. The summed E-state index contributed by atoms with van der Waals surface area (Å²) in [7, 11) is 1.45. The van der Waals surface area contributed by atoms with Gasteiger partial charge in [-0.3, -0.25) is 19.4 Å². The molecule has 0 spiro atoms. The van der Waals surface area contributed by atoms with Crippen LogP contribution >= 0.6 is 0 Å². The van der Waals surface area contributed by atoms with Crippen molar-refractivity contribution in [3.63, 3.8) is 0 Å². The van der Waals surface area contributed by atoms with Crippen LogP contribution in [0.25, 0.3) is 0 Å². The van der Waals surface area contributed by atoms with Crippen LogP contribution in [0.3, 0.4) is 0 Å². The number of aromatic nitrogens is 3. The molecule has 1 unspecified atom stereocenters. The summed E-state index contributed by atoms with van der Waals surface area (Å²) in [4.78, 5) is 51.6. The van der Waals surface area contributed by atoms with Crippen molar-refractivity contribution in [2.75, 3.05) is 0 Å². The maximum Gasteiger partial charge on any atom is 0.366 e. The number of nitrogens with zero attached hydrogens (tertiary/aromatic N) is 2. The van der Waals surface area contributed by atoms with Gasteiger partial charge in [-0.05, 0) is 13.0 Å². The molecule has 2 aromatic heterocycles. The lowest BCUT2D eigenvalue weighted by Gasteiger charge is -2.34. The first-order chi connectivity index (χ1) is 15.9. The summed E-state index contributed by atoms with van der Waals surface area (Å²) in [5, 5.41) is 21.9. The smallest absolute Gasteiger partial charge is 0.366 e. The summed E-state index contributed by atoms with van der Waals surface area (Å²) >= 11 is 0. The average molecular weight is 627 g/mol. The number of hydrogen-bond acceptors (Lipinski definition) is 7. The number of aliphatic hydroxyl groups is 2. The number of aliphatic hydroxyl groups excluding tert-OH is 1. The Kier molecular flexibility index (Phi) is 7.83. The van der Waals surface area contributed by atoms with Crippen LogP contribution in [0.1, 0.15) is 36.7 Å². The van der Waals surface area contributed by atoms with Gasteiger partial charge in [-0.1, -0.05) is 20.8 Å². The second kappa shape index (κ2) is 9.46. The molecule has 10 nitrogen and oxygen atoms in total. The summed E-state index contributed by atoms with van der Waals surface area (Å²) in [5.41, 5.74) is -9.11. The zero-order valence-corrected chi connectivity index (χ0v) is 22.0. The highest BCUT2D eigenvalue weighted by Gasteiger charge is 2.83. The number of H-pyrrole nitrogens is 1. The highest BCUT2D eigenvalue weighted by Crippen LogP contribution is 2.56. The molecule has 0 radical (unpaired) electrons. The van der Waals surface area contributed by atoms with E-state index in [4.69, 9.17) is 4.74 Å². The van der Waals surface area contributed by atoms with E-state index in [0.717, 1.165) is 19.2 Å². The molecule has 4 atom stereocenters. The molecular formula is C22H25F3IN3O7. The highest BCUT2D eigenvalue weighted by atomic mass is 127. The quantitative estimate of drug-likeness (QED) is 0.181. The lowest BCUT2D eigenvalue weighted by molar-refractivity contribution is -0.671. The number of aryl methyl sites for hydroxylation is 2. The van der Waals surface area contributed by atoms with Crippen LogP contribution < -0.4 is 39.8 Å². The highest BCUT2D eigenvalue weighted by molar-refractivity contribution is 6.04. The van der Waals surface area contributed by atoms with E-state index in [1.807, 2.05) is 0 Å². The molecule has 0 aliphatic carbocycles. The van der Waals surface area contributed by atoms with Crippen LogP contribution in [0.4, 0.5) is 13.2 Å². The van der Waals surface area contributed by atoms with Crippen molar-refractivity contribution in [2.45, 2.75) is 57.4 Å². The monoisotopic (exact) mass is 627 g/mol. The summed E-state index contributed by atoms with van der Waals surface area (Å²) in [6, 6.07) is 2.34. The fraction of sp³-hybridized carbons (Fsp3) is 0.500. The molecule has 36 heavy (non-hydrogen) atoms. The fourth-order valence-electron chi connectivity index (χ4n) is 3.82. The Labute approximate surface area is 219 Å². The van der Waals surface area contributed by atoms with Crippen LogP contribution in [0.15, 0.2) is 40.3 Å². The SMILES string of the molecule is Cc1cn([C@]2(F)O[C@H](C(O)C(=O)C(C)(C)C)[C@](O)(C(=O)c3ccc[n+](C)c3)C2(F)F)c(=O)[nH]c1=O.[I-]. The van der Waals surface area contributed by atoms with Crippen molar-refractivity contribution in [3.8, 4) is 0 Å². The molecule has 3 heterocycles. The molecule has 0 saturated carbocycles. The number of ether oxygens (including phenoxy) is 1. The molecule has 1 saturated heterocycles. The van der Waals surface area contributed by atoms with Crippen LogP contribution in [0, 0.1) is 12.3 Å². The standard InChI is InChI=1S/C22H24F3N3O7.HI/c1-11-9-28(18(33)26-17(11)32)22(25)21(23,24)20(34,14(30)12-7-6-8-27(5)10-12)16(35-22)13(29)15(31)19(2,3)4;/h6-10,13,16,29,34H,1-5H3;1H/t13?,16-,20-,22+;/m1./s1. The molecule has 2 aromatic rings. The Bertz CT molecular complexity index is 1320. The number of nitrogens with one attached hydrogen (secondary N) is 1. The zero-order valence-electron chi connectivity index (χ0n) is 19.9. The molecular weight excluding hydrogens is 602 g/mol. The molecule has 3 rings (SSSR count). The predicted octanol–water partition coefficient (Wildman–Crippen LogP) is -3.12. The third-order valence-electron chi connectivity index (χ3n) is 5.83. The molecule has 1 aliphatic rings. The van der Waals surface area contributed by atoms with Crippen LogP contribution in [0.5, 0.6) is 0 Å². The van der Waals surface area contributed by atoms with E-state index in [9.17, 15) is 29.4 Å². The summed E-state index contributed by atoms with van der Waals surface area (Å²) in [5.74, 6) is -12.7. The number of carbonyl (C=O) groups excluding carboxylic acids is 2. The number of hydrogen-bond donors (Lipinski definition) is 3. The molecule has 0 bridgehead atoms. The van der Waals surface area contributed by atoms with Gasteiger partial charge in [0.2, 0.25) is 11.4 Å². The van der Waals surface area contributed by atoms with E-state index in [1.165, 1.54) is 44.6 Å². The molecule has 1 aliphatic heterocycles. The van der Waals surface area contributed by atoms with E-state index in [1.54, 1.807) is 4.98 Å². The molecule has 3 N–H and O–H groups in total. The van der Waals surface area contributed by atoms with Crippen molar-refractivity contribution in [3.05, 3.63) is 62.7 Å². The van der Waals surface area contributed by atoms with Crippen molar-refractivity contribution < 1.29 is 66.3 Å².